The summed E-state index contributed by atoms with van der Waals surface area (Å²) in [5.41, 5.74) is 1.56. The highest BCUT2D eigenvalue weighted by atomic mass is 16.5. The number of methoxy groups -OCH3 is 2. The molecule has 0 aliphatic carbocycles. The van der Waals surface area contributed by atoms with E-state index < -0.39 is 0 Å². The highest BCUT2D eigenvalue weighted by molar-refractivity contribution is 5.41. The molecule has 1 atom stereocenters. The van der Waals surface area contributed by atoms with E-state index in [0.29, 0.717) is 5.92 Å². The van der Waals surface area contributed by atoms with Gasteiger partial charge in [0.05, 0.1) is 14.2 Å². The van der Waals surface area contributed by atoms with Crippen LogP contribution in [-0.2, 0) is 0 Å². The number of hydrogen-bond acceptors (Lipinski definition) is 3. The lowest BCUT2D eigenvalue weighted by Gasteiger charge is -2.26. The van der Waals surface area contributed by atoms with Crippen molar-refractivity contribution in [1.82, 2.24) is 5.32 Å². The van der Waals surface area contributed by atoms with Crippen molar-refractivity contribution in [2.24, 2.45) is 5.41 Å². The molecular formula is C14H21NO2. The summed E-state index contributed by atoms with van der Waals surface area (Å²) in [7, 11) is 3.38. The van der Waals surface area contributed by atoms with Crippen molar-refractivity contribution >= 4 is 0 Å². The first kappa shape index (κ1) is 12.2. The van der Waals surface area contributed by atoms with Crippen LogP contribution in [0, 0.1) is 5.41 Å². The Hall–Kier alpha value is -1.22. The third-order valence-electron chi connectivity index (χ3n) is 3.65. The Morgan fingerprint density at radius 1 is 1.12 bits per heavy atom. The molecule has 0 bridgehead atoms. The standard InChI is InChI=1S/C14H21NO2/c1-14(2)9-15-8-13(14)10-5-11(16-3)7-12(6-10)17-4/h5-7,13,15H,8-9H2,1-4H3/t13-/m1/s1. The number of ether oxygens (including phenoxy) is 2. The van der Waals surface area contributed by atoms with Gasteiger partial charge in [-0.25, -0.2) is 0 Å². The fourth-order valence-electron chi connectivity index (χ4n) is 2.54. The Bertz CT molecular complexity index is 379. The van der Waals surface area contributed by atoms with Crippen molar-refractivity contribution in [3.05, 3.63) is 23.8 Å². The zero-order valence-electron chi connectivity index (χ0n) is 11.0. The van der Waals surface area contributed by atoms with Gasteiger partial charge in [-0.2, -0.15) is 0 Å². The quantitative estimate of drug-likeness (QED) is 0.872. The van der Waals surface area contributed by atoms with Crippen molar-refractivity contribution in [2.75, 3.05) is 27.3 Å². The predicted octanol–water partition coefficient (Wildman–Crippen LogP) is 2.42. The zero-order valence-corrected chi connectivity index (χ0v) is 11.0. The normalized spacial score (nSPS) is 22.5. The molecule has 1 aromatic carbocycles. The fourth-order valence-corrected chi connectivity index (χ4v) is 2.54. The summed E-state index contributed by atoms with van der Waals surface area (Å²) in [5, 5.41) is 3.45. The van der Waals surface area contributed by atoms with Crippen LogP contribution in [0.2, 0.25) is 0 Å². The first-order chi connectivity index (χ1) is 8.06. The highest BCUT2D eigenvalue weighted by Gasteiger charge is 2.35. The third kappa shape index (κ3) is 2.39. The largest absolute Gasteiger partial charge is 0.497 e. The van der Waals surface area contributed by atoms with Gasteiger partial charge in [0.15, 0.2) is 0 Å². The van der Waals surface area contributed by atoms with E-state index in [2.05, 4.69) is 31.3 Å². The zero-order chi connectivity index (χ0) is 12.5. The van der Waals surface area contributed by atoms with Gasteiger partial charge in [0, 0.05) is 25.1 Å². The Kier molecular flexibility index (Phi) is 3.29. The van der Waals surface area contributed by atoms with Crippen LogP contribution < -0.4 is 14.8 Å². The van der Waals surface area contributed by atoms with E-state index >= 15 is 0 Å². The van der Waals surface area contributed by atoms with Crippen molar-refractivity contribution < 1.29 is 9.47 Å². The molecule has 1 aromatic rings. The molecule has 1 aliphatic heterocycles. The molecule has 1 N–H and O–H groups in total. The first-order valence-electron chi connectivity index (χ1n) is 6.00. The lowest BCUT2D eigenvalue weighted by Crippen LogP contribution is -2.20. The summed E-state index contributed by atoms with van der Waals surface area (Å²) in [6.45, 7) is 6.66. The molecule has 0 saturated carbocycles. The number of nitrogens with one attached hydrogen (secondary N) is 1. The molecule has 3 heteroatoms. The SMILES string of the molecule is COc1cc(OC)cc([C@H]2CNCC2(C)C)c1. The van der Waals surface area contributed by atoms with Gasteiger partial charge in [-0.05, 0) is 23.1 Å². The Morgan fingerprint density at radius 2 is 1.71 bits per heavy atom. The second kappa shape index (κ2) is 4.57. The van der Waals surface area contributed by atoms with Gasteiger partial charge in [-0.15, -0.1) is 0 Å². The fraction of sp³-hybridized carbons (Fsp3) is 0.571. The molecule has 1 aliphatic rings. The van der Waals surface area contributed by atoms with Crippen LogP contribution in [0.1, 0.15) is 25.3 Å². The first-order valence-corrected chi connectivity index (χ1v) is 6.00. The summed E-state index contributed by atoms with van der Waals surface area (Å²) < 4.78 is 10.6. The van der Waals surface area contributed by atoms with Gasteiger partial charge >= 0.3 is 0 Å². The van der Waals surface area contributed by atoms with Gasteiger partial charge < -0.3 is 14.8 Å². The van der Waals surface area contributed by atoms with Crippen LogP contribution in [0.3, 0.4) is 0 Å². The van der Waals surface area contributed by atoms with Gasteiger partial charge in [0.2, 0.25) is 0 Å². The van der Waals surface area contributed by atoms with Gasteiger partial charge in [0.1, 0.15) is 11.5 Å². The van der Waals surface area contributed by atoms with E-state index in [4.69, 9.17) is 9.47 Å². The Balaban J connectivity index is 2.37. The van der Waals surface area contributed by atoms with E-state index in [-0.39, 0.29) is 5.41 Å². The monoisotopic (exact) mass is 235 g/mol. The number of rotatable bonds is 3. The molecule has 94 valence electrons. The molecule has 0 spiro atoms. The van der Waals surface area contributed by atoms with Crippen molar-refractivity contribution in [2.45, 2.75) is 19.8 Å². The lowest BCUT2D eigenvalue weighted by atomic mass is 9.78. The van der Waals surface area contributed by atoms with Gasteiger partial charge in [-0.3, -0.25) is 0 Å². The maximum Gasteiger partial charge on any atom is 0.122 e. The maximum absolute atomic E-state index is 5.32. The van der Waals surface area contributed by atoms with E-state index in [1.54, 1.807) is 14.2 Å². The second-order valence-corrected chi connectivity index (χ2v) is 5.32. The molecule has 0 radical (unpaired) electrons. The Morgan fingerprint density at radius 3 is 2.12 bits per heavy atom. The highest BCUT2D eigenvalue weighted by Crippen LogP contribution is 2.40. The van der Waals surface area contributed by atoms with Crippen LogP contribution in [-0.4, -0.2) is 27.3 Å². The molecule has 0 unspecified atom stereocenters. The summed E-state index contributed by atoms with van der Waals surface area (Å²) in [5.74, 6) is 2.23. The van der Waals surface area contributed by atoms with E-state index in [1.807, 2.05) is 6.07 Å². The molecule has 1 saturated heterocycles. The van der Waals surface area contributed by atoms with Gasteiger partial charge in [0.25, 0.3) is 0 Å². The number of hydrogen-bond donors (Lipinski definition) is 1. The van der Waals surface area contributed by atoms with Crippen LogP contribution in [0.4, 0.5) is 0 Å². The second-order valence-electron chi connectivity index (χ2n) is 5.32. The Labute approximate surface area is 103 Å². The minimum absolute atomic E-state index is 0.275. The van der Waals surface area contributed by atoms with E-state index in [1.165, 1.54) is 5.56 Å². The topological polar surface area (TPSA) is 30.5 Å². The average molecular weight is 235 g/mol. The third-order valence-corrected chi connectivity index (χ3v) is 3.65. The van der Waals surface area contributed by atoms with Crippen LogP contribution in [0.15, 0.2) is 18.2 Å². The maximum atomic E-state index is 5.32. The molecule has 1 heterocycles. The van der Waals surface area contributed by atoms with Crippen LogP contribution in [0.5, 0.6) is 11.5 Å². The smallest absolute Gasteiger partial charge is 0.122 e. The molecule has 1 fully saturated rings. The summed E-state index contributed by atoms with van der Waals surface area (Å²) in [6, 6.07) is 6.14. The molecule has 17 heavy (non-hydrogen) atoms. The van der Waals surface area contributed by atoms with Gasteiger partial charge in [-0.1, -0.05) is 13.8 Å². The number of benzene rings is 1. The van der Waals surface area contributed by atoms with Crippen LogP contribution in [0.25, 0.3) is 0 Å². The van der Waals surface area contributed by atoms with Crippen molar-refractivity contribution in [3.8, 4) is 11.5 Å². The predicted molar refractivity (Wildman–Crippen MR) is 68.9 cm³/mol. The van der Waals surface area contributed by atoms with Crippen LogP contribution >= 0.6 is 0 Å². The lowest BCUT2D eigenvalue weighted by molar-refractivity contribution is 0.357. The molecule has 2 rings (SSSR count). The molecule has 0 amide bonds. The summed E-state index contributed by atoms with van der Waals surface area (Å²) >= 11 is 0. The molecular weight excluding hydrogens is 214 g/mol. The molecule has 3 nitrogen and oxygen atoms in total. The molecule has 0 aromatic heterocycles. The summed E-state index contributed by atoms with van der Waals surface area (Å²) in [6.07, 6.45) is 0. The minimum atomic E-state index is 0.275. The summed E-state index contributed by atoms with van der Waals surface area (Å²) in [4.78, 5) is 0. The average Bonchev–Trinajstić information content (AvgIpc) is 2.68. The van der Waals surface area contributed by atoms with E-state index in [0.717, 1.165) is 24.6 Å². The van der Waals surface area contributed by atoms with Crippen molar-refractivity contribution in [3.63, 3.8) is 0 Å². The minimum Gasteiger partial charge on any atom is -0.497 e. The van der Waals surface area contributed by atoms with E-state index in [9.17, 15) is 0 Å². The van der Waals surface area contributed by atoms with Crippen molar-refractivity contribution in [1.29, 1.82) is 0 Å².